The molecule has 0 saturated heterocycles. The molecule has 3 heteroatoms. The first-order valence-electron chi connectivity index (χ1n) is 6.53. The van der Waals surface area contributed by atoms with Crippen LogP contribution in [0, 0.1) is 19.7 Å². The van der Waals surface area contributed by atoms with Gasteiger partial charge in [0.15, 0.2) is 0 Å². The molecule has 1 heterocycles. The maximum atomic E-state index is 14.3. The summed E-state index contributed by atoms with van der Waals surface area (Å²) in [5, 5.41) is 3.33. The molecule has 0 saturated carbocycles. The molecule has 0 spiro atoms. The van der Waals surface area contributed by atoms with Crippen molar-refractivity contribution < 1.29 is 4.39 Å². The molecule has 1 aromatic heterocycles. The summed E-state index contributed by atoms with van der Waals surface area (Å²) in [7, 11) is 0. The number of hydrogen-bond acceptors (Lipinski definition) is 2. The summed E-state index contributed by atoms with van der Waals surface area (Å²) < 4.78 is 14.3. The quantitative estimate of drug-likeness (QED) is 0.907. The fraction of sp³-hybridized carbons (Fsp3) is 0.312. The lowest BCUT2D eigenvalue weighted by Gasteiger charge is -2.20. The molecule has 0 radical (unpaired) electrons. The minimum atomic E-state index is -0.155. The van der Waals surface area contributed by atoms with Gasteiger partial charge in [0.05, 0.1) is 6.04 Å². The fourth-order valence-electron chi connectivity index (χ4n) is 2.24. The standard InChI is InChI=1S/C16H19FN2/c1-4-19-16(13-8-11(2)9-18-10-13)14-7-5-6-12(3)15(14)17/h5-10,16,19H,4H2,1-3H3. The van der Waals surface area contributed by atoms with E-state index < -0.39 is 0 Å². The Morgan fingerprint density at radius 1 is 1.26 bits per heavy atom. The van der Waals surface area contributed by atoms with Crippen molar-refractivity contribution in [3.8, 4) is 0 Å². The van der Waals surface area contributed by atoms with E-state index in [0.717, 1.165) is 17.7 Å². The van der Waals surface area contributed by atoms with E-state index in [0.29, 0.717) is 11.1 Å². The molecule has 0 bridgehead atoms. The molecule has 1 aromatic carbocycles. The Balaban J connectivity index is 2.48. The topological polar surface area (TPSA) is 24.9 Å². The Hall–Kier alpha value is -1.74. The second-order valence-electron chi connectivity index (χ2n) is 4.76. The van der Waals surface area contributed by atoms with Crippen molar-refractivity contribution in [3.63, 3.8) is 0 Å². The van der Waals surface area contributed by atoms with Crippen LogP contribution < -0.4 is 5.32 Å². The highest BCUT2D eigenvalue weighted by Gasteiger charge is 2.18. The molecule has 0 amide bonds. The van der Waals surface area contributed by atoms with Crippen LogP contribution in [0.4, 0.5) is 4.39 Å². The van der Waals surface area contributed by atoms with Crippen LogP contribution >= 0.6 is 0 Å². The Kier molecular flexibility index (Phi) is 4.27. The number of benzene rings is 1. The number of halogens is 1. The molecule has 0 fully saturated rings. The van der Waals surface area contributed by atoms with Crippen LogP contribution in [0.25, 0.3) is 0 Å². The lowest BCUT2D eigenvalue weighted by molar-refractivity contribution is 0.552. The number of pyridine rings is 1. The van der Waals surface area contributed by atoms with Gasteiger partial charge in [0.2, 0.25) is 0 Å². The van der Waals surface area contributed by atoms with Crippen molar-refractivity contribution in [3.05, 3.63) is 64.7 Å². The van der Waals surface area contributed by atoms with Crippen LogP contribution in [0.15, 0.2) is 36.7 Å². The summed E-state index contributed by atoms with van der Waals surface area (Å²) >= 11 is 0. The predicted molar refractivity (Wildman–Crippen MR) is 75.6 cm³/mol. The van der Waals surface area contributed by atoms with Crippen molar-refractivity contribution >= 4 is 0 Å². The SMILES string of the molecule is CCNC(c1cncc(C)c1)c1cccc(C)c1F. The number of aryl methyl sites for hydroxylation is 2. The zero-order chi connectivity index (χ0) is 13.8. The van der Waals surface area contributed by atoms with E-state index in [2.05, 4.69) is 10.3 Å². The highest BCUT2D eigenvalue weighted by Crippen LogP contribution is 2.25. The molecule has 2 rings (SSSR count). The van der Waals surface area contributed by atoms with Gasteiger partial charge in [-0.3, -0.25) is 4.98 Å². The van der Waals surface area contributed by atoms with Crippen LogP contribution in [0.5, 0.6) is 0 Å². The molecule has 2 aromatic rings. The average molecular weight is 258 g/mol. The third-order valence-electron chi connectivity index (χ3n) is 3.17. The summed E-state index contributed by atoms with van der Waals surface area (Å²) in [4.78, 5) is 4.20. The normalized spacial score (nSPS) is 12.4. The smallest absolute Gasteiger partial charge is 0.131 e. The van der Waals surface area contributed by atoms with E-state index in [1.807, 2.05) is 32.0 Å². The molecule has 1 atom stereocenters. The first kappa shape index (κ1) is 13.7. The van der Waals surface area contributed by atoms with Gasteiger partial charge in [0.1, 0.15) is 5.82 Å². The lowest BCUT2D eigenvalue weighted by atomic mass is 9.97. The van der Waals surface area contributed by atoms with Crippen LogP contribution in [-0.4, -0.2) is 11.5 Å². The molecular weight excluding hydrogens is 239 g/mol. The second kappa shape index (κ2) is 5.93. The molecule has 0 aliphatic rings. The van der Waals surface area contributed by atoms with Gasteiger partial charge in [0, 0.05) is 18.0 Å². The van der Waals surface area contributed by atoms with Gasteiger partial charge in [-0.05, 0) is 37.1 Å². The van der Waals surface area contributed by atoms with Crippen LogP contribution in [0.1, 0.15) is 35.2 Å². The highest BCUT2D eigenvalue weighted by atomic mass is 19.1. The molecule has 19 heavy (non-hydrogen) atoms. The highest BCUT2D eigenvalue weighted by molar-refractivity contribution is 5.35. The number of hydrogen-bond donors (Lipinski definition) is 1. The van der Waals surface area contributed by atoms with E-state index >= 15 is 0 Å². The molecule has 100 valence electrons. The maximum absolute atomic E-state index is 14.3. The zero-order valence-electron chi connectivity index (χ0n) is 11.6. The van der Waals surface area contributed by atoms with E-state index in [1.54, 1.807) is 25.4 Å². The number of nitrogens with zero attached hydrogens (tertiary/aromatic N) is 1. The van der Waals surface area contributed by atoms with Gasteiger partial charge >= 0.3 is 0 Å². The van der Waals surface area contributed by atoms with Gasteiger partial charge in [-0.25, -0.2) is 4.39 Å². The molecular formula is C16H19FN2. The summed E-state index contributed by atoms with van der Waals surface area (Å²) in [5.41, 5.74) is 3.41. The Morgan fingerprint density at radius 2 is 2.05 bits per heavy atom. The van der Waals surface area contributed by atoms with Gasteiger partial charge < -0.3 is 5.32 Å². The Bertz CT molecular complexity index is 566. The summed E-state index contributed by atoms with van der Waals surface area (Å²) in [6, 6.07) is 7.40. The third-order valence-corrected chi connectivity index (χ3v) is 3.17. The molecule has 0 aliphatic heterocycles. The second-order valence-corrected chi connectivity index (χ2v) is 4.76. The zero-order valence-corrected chi connectivity index (χ0v) is 11.6. The largest absolute Gasteiger partial charge is 0.306 e. The number of aromatic nitrogens is 1. The van der Waals surface area contributed by atoms with E-state index in [9.17, 15) is 4.39 Å². The minimum Gasteiger partial charge on any atom is -0.306 e. The molecule has 2 nitrogen and oxygen atoms in total. The summed E-state index contributed by atoms with van der Waals surface area (Å²) in [6.45, 7) is 6.57. The monoisotopic (exact) mass is 258 g/mol. The van der Waals surface area contributed by atoms with Gasteiger partial charge in [-0.2, -0.15) is 0 Å². The molecule has 1 unspecified atom stereocenters. The maximum Gasteiger partial charge on any atom is 0.131 e. The lowest BCUT2D eigenvalue weighted by Crippen LogP contribution is -2.23. The van der Waals surface area contributed by atoms with Gasteiger partial charge in [-0.15, -0.1) is 0 Å². The van der Waals surface area contributed by atoms with Crippen LogP contribution in [0.3, 0.4) is 0 Å². The van der Waals surface area contributed by atoms with Crippen LogP contribution in [0.2, 0.25) is 0 Å². The summed E-state index contributed by atoms with van der Waals surface area (Å²) in [5.74, 6) is -0.144. The number of nitrogens with one attached hydrogen (secondary N) is 1. The van der Waals surface area contributed by atoms with Crippen molar-refractivity contribution in [2.75, 3.05) is 6.54 Å². The summed E-state index contributed by atoms with van der Waals surface area (Å²) in [6.07, 6.45) is 3.60. The third kappa shape index (κ3) is 2.99. The predicted octanol–water partition coefficient (Wildman–Crippen LogP) is 3.54. The Labute approximate surface area is 113 Å². The van der Waals surface area contributed by atoms with Crippen molar-refractivity contribution in [1.82, 2.24) is 10.3 Å². The van der Waals surface area contributed by atoms with Gasteiger partial charge in [-0.1, -0.05) is 31.2 Å². The first-order chi connectivity index (χ1) is 9.13. The van der Waals surface area contributed by atoms with Crippen molar-refractivity contribution in [2.45, 2.75) is 26.8 Å². The van der Waals surface area contributed by atoms with Crippen molar-refractivity contribution in [2.24, 2.45) is 0 Å². The van der Waals surface area contributed by atoms with E-state index in [-0.39, 0.29) is 11.9 Å². The van der Waals surface area contributed by atoms with Gasteiger partial charge in [0.25, 0.3) is 0 Å². The molecule has 1 N–H and O–H groups in total. The van der Waals surface area contributed by atoms with E-state index in [1.165, 1.54) is 0 Å². The fourth-order valence-corrected chi connectivity index (χ4v) is 2.24. The van der Waals surface area contributed by atoms with Crippen molar-refractivity contribution in [1.29, 1.82) is 0 Å². The molecule has 0 aliphatic carbocycles. The number of rotatable bonds is 4. The minimum absolute atomic E-state index is 0.144. The van der Waals surface area contributed by atoms with Crippen LogP contribution in [-0.2, 0) is 0 Å². The average Bonchev–Trinajstić information content (AvgIpc) is 2.40. The first-order valence-corrected chi connectivity index (χ1v) is 6.53. The Morgan fingerprint density at radius 3 is 2.74 bits per heavy atom. The van der Waals surface area contributed by atoms with E-state index in [4.69, 9.17) is 0 Å².